The minimum Gasteiger partial charge on any atom is -0.496 e. The zero-order chi connectivity index (χ0) is 20.4. The summed E-state index contributed by atoms with van der Waals surface area (Å²) in [4.78, 5) is 35.9. The number of rotatable bonds is 4. The zero-order valence-corrected chi connectivity index (χ0v) is 16.1. The van der Waals surface area contributed by atoms with Gasteiger partial charge in [-0.05, 0) is 36.4 Å². The maximum Gasteiger partial charge on any atom is 0.367 e. The van der Waals surface area contributed by atoms with Crippen molar-refractivity contribution in [3.8, 4) is 17.1 Å². The lowest BCUT2D eigenvalue weighted by Gasteiger charge is -2.14. The highest BCUT2D eigenvalue weighted by molar-refractivity contribution is 6.30. The number of benzene rings is 3. The van der Waals surface area contributed by atoms with Gasteiger partial charge < -0.3 is 9.57 Å². The fourth-order valence-corrected chi connectivity index (χ4v) is 3.15. The molecule has 4 rings (SSSR count). The molecule has 0 spiro atoms. The summed E-state index contributed by atoms with van der Waals surface area (Å²) in [5, 5.41) is 0.790. The number of carbonyl (C=O) groups is 1. The van der Waals surface area contributed by atoms with Crippen LogP contribution in [0.4, 0.5) is 0 Å². The van der Waals surface area contributed by atoms with Gasteiger partial charge in [-0.3, -0.25) is 4.79 Å². The Morgan fingerprint density at radius 1 is 1.00 bits per heavy atom. The van der Waals surface area contributed by atoms with Crippen LogP contribution in [0, 0.1) is 0 Å². The summed E-state index contributed by atoms with van der Waals surface area (Å²) in [6.07, 6.45) is 0. The van der Waals surface area contributed by atoms with Crippen LogP contribution in [0.1, 0.15) is 10.4 Å². The first-order valence-corrected chi connectivity index (χ1v) is 9.09. The third-order valence-corrected chi connectivity index (χ3v) is 4.56. The average molecular weight is 407 g/mol. The summed E-state index contributed by atoms with van der Waals surface area (Å²) in [5.41, 5.74) is 0.700. The van der Waals surface area contributed by atoms with Crippen molar-refractivity contribution in [1.82, 2.24) is 9.71 Å². The molecule has 0 aliphatic carbocycles. The Kier molecular flexibility index (Phi) is 5.01. The highest BCUT2D eigenvalue weighted by atomic mass is 35.5. The fourth-order valence-electron chi connectivity index (χ4n) is 2.96. The van der Waals surface area contributed by atoms with Crippen molar-refractivity contribution in [3.63, 3.8) is 0 Å². The number of methoxy groups -OCH3 is 1. The molecule has 0 saturated carbocycles. The van der Waals surface area contributed by atoms with Crippen LogP contribution >= 0.6 is 11.6 Å². The van der Waals surface area contributed by atoms with Crippen molar-refractivity contribution in [1.29, 1.82) is 0 Å². The topological polar surface area (TPSA) is 70.4 Å². The number of aromatic nitrogens is 2. The van der Waals surface area contributed by atoms with Crippen LogP contribution < -0.4 is 15.1 Å². The maximum absolute atomic E-state index is 13.1. The van der Waals surface area contributed by atoms with Crippen LogP contribution in [-0.4, -0.2) is 22.8 Å². The number of halogens is 1. The summed E-state index contributed by atoms with van der Waals surface area (Å²) in [5.74, 6) is -0.243. The Bertz CT molecular complexity index is 1280. The third kappa shape index (κ3) is 3.58. The molecular formula is C22H15ClN2O4. The van der Waals surface area contributed by atoms with E-state index in [2.05, 4.69) is 4.98 Å². The average Bonchev–Trinajstić information content (AvgIpc) is 2.75. The van der Waals surface area contributed by atoms with Gasteiger partial charge in [-0.25, -0.2) is 9.78 Å². The van der Waals surface area contributed by atoms with Gasteiger partial charge in [0.05, 0.1) is 18.0 Å². The summed E-state index contributed by atoms with van der Waals surface area (Å²) < 4.78 is 6.11. The summed E-state index contributed by atoms with van der Waals surface area (Å²) >= 11 is 6.11. The molecule has 0 aliphatic rings. The van der Waals surface area contributed by atoms with E-state index in [4.69, 9.17) is 21.2 Å². The fraction of sp³-hybridized carbons (Fsp3) is 0.0455. The molecule has 1 heterocycles. The lowest BCUT2D eigenvalue weighted by molar-refractivity contribution is 0.0446. The molecule has 0 unspecified atom stereocenters. The molecule has 0 saturated heterocycles. The normalized spacial score (nSPS) is 10.7. The Morgan fingerprint density at radius 3 is 2.55 bits per heavy atom. The predicted octanol–water partition coefficient (Wildman–Crippen LogP) is 3.99. The van der Waals surface area contributed by atoms with Gasteiger partial charge in [-0.15, -0.1) is 4.73 Å². The van der Waals surface area contributed by atoms with Crippen molar-refractivity contribution in [2.24, 2.45) is 0 Å². The van der Waals surface area contributed by atoms with E-state index in [0.29, 0.717) is 27.2 Å². The van der Waals surface area contributed by atoms with E-state index in [1.165, 1.54) is 7.11 Å². The second kappa shape index (κ2) is 7.77. The van der Waals surface area contributed by atoms with Crippen molar-refractivity contribution in [2.75, 3.05) is 7.11 Å². The number of fused-ring (bicyclic) bond motifs is 1. The molecule has 0 N–H and O–H groups in total. The van der Waals surface area contributed by atoms with Crippen molar-refractivity contribution in [2.45, 2.75) is 0 Å². The van der Waals surface area contributed by atoms with Crippen molar-refractivity contribution >= 4 is 28.5 Å². The van der Waals surface area contributed by atoms with Gasteiger partial charge in [0.1, 0.15) is 11.3 Å². The molecule has 0 atom stereocenters. The van der Waals surface area contributed by atoms with E-state index in [9.17, 15) is 9.59 Å². The second-order valence-electron chi connectivity index (χ2n) is 6.14. The number of hydrogen-bond donors (Lipinski definition) is 0. The van der Waals surface area contributed by atoms with Gasteiger partial charge in [0, 0.05) is 10.6 Å². The molecule has 3 aromatic carbocycles. The molecule has 29 heavy (non-hydrogen) atoms. The van der Waals surface area contributed by atoms with E-state index < -0.39 is 11.5 Å². The highest BCUT2D eigenvalue weighted by Gasteiger charge is 2.20. The van der Waals surface area contributed by atoms with Crippen LogP contribution in [0.25, 0.3) is 22.3 Å². The monoisotopic (exact) mass is 406 g/mol. The summed E-state index contributed by atoms with van der Waals surface area (Å²) in [7, 11) is 1.45. The van der Waals surface area contributed by atoms with Crippen LogP contribution in [0.3, 0.4) is 0 Å². The Hall–Kier alpha value is -3.64. The quantitative estimate of drug-likeness (QED) is 0.512. The molecular weight excluding hydrogens is 392 g/mol. The first kappa shape index (κ1) is 18.7. The van der Waals surface area contributed by atoms with E-state index in [-0.39, 0.29) is 11.4 Å². The SMILES string of the molecule is COc1ccccc1C(=O)On1c(-c2cccc(Cl)c2)nc2ccccc2c1=O. The van der Waals surface area contributed by atoms with E-state index >= 15 is 0 Å². The first-order chi connectivity index (χ1) is 14.1. The van der Waals surface area contributed by atoms with Gasteiger partial charge in [0.25, 0.3) is 5.56 Å². The molecule has 0 aliphatic heterocycles. The Balaban J connectivity index is 1.90. The van der Waals surface area contributed by atoms with Crippen LogP contribution in [0.2, 0.25) is 5.02 Å². The number of ether oxygens (including phenoxy) is 1. The van der Waals surface area contributed by atoms with Crippen molar-refractivity contribution < 1.29 is 14.4 Å². The first-order valence-electron chi connectivity index (χ1n) is 8.72. The van der Waals surface area contributed by atoms with Gasteiger partial charge in [0.2, 0.25) is 0 Å². The zero-order valence-electron chi connectivity index (χ0n) is 15.3. The van der Waals surface area contributed by atoms with Gasteiger partial charge >= 0.3 is 5.97 Å². The molecule has 0 fully saturated rings. The van der Waals surface area contributed by atoms with Crippen LogP contribution in [-0.2, 0) is 0 Å². The molecule has 0 radical (unpaired) electrons. The third-order valence-electron chi connectivity index (χ3n) is 4.32. The Labute approximate surface area is 170 Å². The van der Waals surface area contributed by atoms with E-state index in [1.807, 2.05) is 0 Å². The molecule has 0 amide bonds. The smallest absolute Gasteiger partial charge is 0.367 e. The number of para-hydroxylation sites is 2. The standard InChI is InChI=1S/C22H15ClN2O4/c1-28-19-12-5-3-10-17(19)22(27)29-25-20(14-7-6-8-15(23)13-14)24-18-11-4-2-9-16(18)21(25)26/h2-13H,1H3. The number of carbonyl (C=O) groups excluding carboxylic acids is 1. The molecule has 4 aromatic rings. The minimum absolute atomic E-state index is 0.166. The summed E-state index contributed by atoms with van der Waals surface area (Å²) in [6, 6.07) is 20.3. The lowest BCUT2D eigenvalue weighted by atomic mass is 10.2. The van der Waals surface area contributed by atoms with Crippen LogP contribution in [0.15, 0.2) is 77.6 Å². The van der Waals surface area contributed by atoms with Crippen LogP contribution in [0.5, 0.6) is 5.75 Å². The Morgan fingerprint density at radius 2 is 1.76 bits per heavy atom. The minimum atomic E-state index is -0.745. The predicted molar refractivity (Wildman–Crippen MR) is 110 cm³/mol. The molecule has 144 valence electrons. The highest BCUT2D eigenvalue weighted by Crippen LogP contribution is 2.23. The van der Waals surface area contributed by atoms with Gasteiger partial charge in [0.15, 0.2) is 5.82 Å². The van der Waals surface area contributed by atoms with E-state index in [1.54, 1.807) is 72.8 Å². The second-order valence-corrected chi connectivity index (χ2v) is 6.58. The molecule has 1 aromatic heterocycles. The van der Waals surface area contributed by atoms with Gasteiger partial charge in [-0.1, -0.05) is 48.0 Å². The van der Waals surface area contributed by atoms with Gasteiger partial charge in [-0.2, -0.15) is 0 Å². The van der Waals surface area contributed by atoms with E-state index in [0.717, 1.165) is 4.73 Å². The molecule has 7 heteroatoms. The number of nitrogens with zero attached hydrogens (tertiary/aromatic N) is 2. The summed E-state index contributed by atoms with van der Waals surface area (Å²) in [6.45, 7) is 0. The molecule has 6 nitrogen and oxygen atoms in total. The van der Waals surface area contributed by atoms with Crippen molar-refractivity contribution in [3.05, 3.63) is 93.7 Å². The number of hydrogen-bond acceptors (Lipinski definition) is 5. The lowest BCUT2D eigenvalue weighted by Crippen LogP contribution is -2.33. The largest absolute Gasteiger partial charge is 0.496 e. The molecule has 0 bridgehead atoms. The maximum atomic E-state index is 13.1.